The van der Waals surface area contributed by atoms with Gasteiger partial charge in [-0.3, -0.25) is 4.90 Å². The molecule has 2 bridgehead atoms. The second-order valence-electron chi connectivity index (χ2n) is 19.4. The maximum absolute atomic E-state index is 12.1. The van der Waals surface area contributed by atoms with Crippen LogP contribution in [0.2, 0.25) is 0 Å². The third-order valence-corrected chi connectivity index (χ3v) is 17.3. The van der Waals surface area contributed by atoms with E-state index >= 15 is 0 Å². The number of allylic oxidation sites excluding steroid dienone is 3. The third-order valence-electron chi connectivity index (χ3n) is 17.3. The Morgan fingerprint density at radius 2 is 1.76 bits per heavy atom. The van der Waals surface area contributed by atoms with E-state index in [4.69, 9.17) is 4.74 Å². The maximum atomic E-state index is 12.1. The number of ether oxygens (including phenoxy) is 1. The van der Waals surface area contributed by atoms with Gasteiger partial charge in [-0.15, -0.1) is 0 Å². The summed E-state index contributed by atoms with van der Waals surface area (Å²) in [6, 6.07) is 9.68. The largest absolute Gasteiger partial charge is 0.465 e. The summed E-state index contributed by atoms with van der Waals surface area (Å²) >= 11 is 0. The Morgan fingerprint density at radius 1 is 0.980 bits per heavy atom. The molecule has 4 saturated carbocycles. The van der Waals surface area contributed by atoms with Gasteiger partial charge in [-0.1, -0.05) is 65.0 Å². The van der Waals surface area contributed by atoms with Crippen LogP contribution in [-0.4, -0.2) is 61.8 Å². The Balaban J connectivity index is 1.06. The molecule has 7 aliphatic rings. The monoisotopic (exact) mass is 668 g/mol. The fourth-order valence-corrected chi connectivity index (χ4v) is 14.8. The van der Waals surface area contributed by atoms with Crippen molar-refractivity contribution in [2.24, 2.45) is 51.2 Å². The van der Waals surface area contributed by atoms with Gasteiger partial charge < -0.3 is 15.4 Å². The van der Waals surface area contributed by atoms with Crippen LogP contribution >= 0.6 is 0 Å². The highest BCUT2D eigenvalue weighted by Gasteiger charge is 2.70. The van der Waals surface area contributed by atoms with E-state index in [0.717, 1.165) is 36.9 Å². The Kier molecular flexibility index (Phi) is 8.21. The van der Waals surface area contributed by atoms with Gasteiger partial charge in [0.15, 0.2) is 0 Å². The quantitative estimate of drug-likeness (QED) is 0.226. The van der Waals surface area contributed by atoms with Gasteiger partial charge in [0.05, 0.1) is 12.7 Å². The zero-order valence-corrected chi connectivity index (χ0v) is 31.8. The molecule has 268 valence electrons. The number of carbonyl (C=O) groups excluding carboxylic acids is 1. The number of methoxy groups -OCH3 is 1. The molecule has 5 nitrogen and oxygen atoms in total. The van der Waals surface area contributed by atoms with Crippen LogP contribution in [0.4, 0.5) is 0 Å². The highest BCUT2D eigenvalue weighted by atomic mass is 16.5. The van der Waals surface area contributed by atoms with E-state index in [1.165, 1.54) is 101 Å². The van der Waals surface area contributed by atoms with Gasteiger partial charge >= 0.3 is 5.97 Å². The number of likely N-dealkylation sites (tertiary alicyclic amines) is 1. The van der Waals surface area contributed by atoms with Crippen molar-refractivity contribution in [3.05, 3.63) is 53.6 Å². The molecule has 1 unspecified atom stereocenters. The molecule has 5 heteroatoms. The molecule has 11 atom stereocenters. The van der Waals surface area contributed by atoms with Crippen LogP contribution in [-0.2, 0) is 4.74 Å². The highest BCUT2D eigenvalue weighted by Crippen LogP contribution is 2.76. The maximum Gasteiger partial charge on any atom is 0.337 e. The third kappa shape index (κ3) is 4.90. The van der Waals surface area contributed by atoms with Crippen LogP contribution in [0.5, 0.6) is 0 Å². The zero-order chi connectivity index (χ0) is 34.6. The molecule has 49 heavy (non-hydrogen) atoms. The van der Waals surface area contributed by atoms with Crippen molar-refractivity contribution in [1.29, 1.82) is 0 Å². The van der Waals surface area contributed by atoms with Crippen LogP contribution < -0.4 is 10.6 Å². The molecule has 0 aromatic heterocycles. The first-order valence-electron chi connectivity index (χ1n) is 20.0. The fraction of sp³-hybridized carbons (Fsp3) is 0.750. The average molecular weight is 668 g/mol. The number of carbonyl (C=O) groups is 1. The lowest BCUT2D eigenvalue weighted by molar-refractivity contribution is -0.219. The summed E-state index contributed by atoms with van der Waals surface area (Å²) in [4.78, 5) is 14.9. The predicted octanol–water partition coefficient (Wildman–Crippen LogP) is 8.51. The average Bonchev–Trinajstić information content (AvgIpc) is 3.80. The molecular formula is C44H65N3O2. The molecule has 1 aromatic carbocycles. The molecule has 0 radical (unpaired) electrons. The molecule has 2 saturated heterocycles. The van der Waals surface area contributed by atoms with Crippen molar-refractivity contribution in [2.45, 2.75) is 123 Å². The van der Waals surface area contributed by atoms with Crippen LogP contribution in [0, 0.1) is 51.2 Å². The van der Waals surface area contributed by atoms with Gasteiger partial charge in [-0.2, -0.15) is 0 Å². The van der Waals surface area contributed by atoms with E-state index < -0.39 is 0 Å². The smallest absolute Gasteiger partial charge is 0.337 e. The van der Waals surface area contributed by atoms with Gasteiger partial charge in [-0.05, 0) is 146 Å². The summed E-state index contributed by atoms with van der Waals surface area (Å²) in [5, 5.41) is 8.06. The second kappa shape index (κ2) is 11.8. The van der Waals surface area contributed by atoms with Crippen LogP contribution in [0.1, 0.15) is 122 Å². The van der Waals surface area contributed by atoms with Crippen molar-refractivity contribution in [3.8, 4) is 0 Å². The first kappa shape index (κ1) is 34.2. The minimum atomic E-state index is -0.263. The van der Waals surface area contributed by atoms with Crippen molar-refractivity contribution in [2.75, 3.05) is 33.3 Å². The SMILES string of the molecule is C=C(C)[C@@H]1CC[C@]2(NCCN3C[C@@H]4C[C@H]3CN4)CC[C@]3(C)[C@H](CC[C@@H]4C5(C)CC=C(c6ccc(C(=O)OC)cc6)C(C)(C)[C@@H]5CC[C@]43C)[C@@H]12. The first-order valence-corrected chi connectivity index (χ1v) is 20.0. The van der Waals surface area contributed by atoms with Gasteiger partial charge in [0, 0.05) is 43.8 Å². The minimum Gasteiger partial charge on any atom is -0.465 e. The molecule has 2 N–H and O–H groups in total. The van der Waals surface area contributed by atoms with Crippen molar-refractivity contribution >= 4 is 11.5 Å². The van der Waals surface area contributed by atoms with Gasteiger partial charge in [-0.25, -0.2) is 4.79 Å². The van der Waals surface area contributed by atoms with Crippen LogP contribution in [0.15, 0.2) is 42.5 Å². The summed E-state index contributed by atoms with van der Waals surface area (Å²) in [7, 11) is 1.46. The Bertz CT molecular complexity index is 1510. The number of nitrogens with zero attached hydrogens (tertiary/aromatic N) is 1. The molecule has 1 aromatic rings. The second-order valence-corrected chi connectivity index (χ2v) is 19.4. The number of hydrogen-bond acceptors (Lipinski definition) is 5. The van der Waals surface area contributed by atoms with Crippen molar-refractivity contribution < 1.29 is 9.53 Å². The Hall–Kier alpha value is -1.95. The summed E-state index contributed by atoms with van der Waals surface area (Å²) in [6.45, 7) is 25.0. The lowest BCUT2D eigenvalue weighted by atomic mass is 9.33. The number of hydrogen-bond donors (Lipinski definition) is 2. The minimum absolute atomic E-state index is 0.0753. The molecule has 2 heterocycles. The number of benzene rings is 1. The zero-order valence-electron chi connectivity index (χ0n) is 31.8. The van der Waals surface area contributed by atoms with E-state index in [9.17, 15) is 4.79 Å². The first-order chi connectivity index (χ1) is 23.3. The van der Waals surface area contributed by atoms with E-state index in [2.05, 4.69) is 81.9 Å². The van der Waals surface area contributed by atoms with Gasteiger partial charge in [0.1, 0.15) is 0 Å². The molecule has 8 rings (SSSR count). The fourth-order valence-electron chi connectivity index (χ4n) is 14.8. The summed E-state index contributed by atoms with van der Waals surface area (Å²) in [5.74, 6) is 3.26. The van der Waals surface area contributed by atoms with E-state index in [-0.39, 0.29) is 16.9 Å². The number of fused-ring (bicyclic) bond motifs is 9. The highest BCUT2D eigenvalue weighted by molar-refractivity contribution is 5.89. The number of piperazine rings is 1. The van der Waals surface area contributed by atoms with Crippen LogP contribution in [0.25, 0.3) is 5.57 Å². The standard InChI is InChI=1S/C44H65N3O2/c1-28(2)33-15-20-44(46-23-24-47-27-31-25-32(47)26-45-31)22-21-42(6)35(38(33)44)13-14-37-41(5)18-16-34(29-9-11-30(12-10-29)39(48)49-8)40(3,4)36(41)17-19-43(37,42)7/h9-12,16,31-33,35-38,45-46H,1,13-15,17-27H2,2-8H3/t31-,32-,33-,35+,36-,37+,38+,41?,42+,43+,44-/m0/s1. The van der Waals surface area contributed by atoms with Crippen LogP contribution in [0.3, 0.4) is 0 Å². The molecule has 5 aliphatic carbocycles. The topological polar surface area (TPSA) is 53.6 Å². The Morgan fingerprint density at radius 3 is 2.43 bits per heavy atom. The molecular weight excluding hydrogens is 603 g/mol. The lowest BCUT2D eigenvalue weighted by Gasteiger charge is -2.72. The van der Waals surface area contributed by atoms with Gasteiger partial charge in [0.25, 0.3) is 0 Å². The van der Waals surface area contributed by atoms with Gasteiger partial charge in [0.2, 0.25) is 0 Å². The summed E-state index contributed by atoms with van der Waals surface area (Å²) in [5.41, 5.74) is 6.15. The van der Waals surface area contributed by atoms with Crippen molar-refractivity contribution in [3.63, 3.8) is 0 Å². The number of rotatable bonds is 7. The van der Waals surface area contributed by atoms with E-state index in [1.807, 2.05) is 12.1 Å². The van der Waals surface area contributed by atoms with E-state index in [0.29, 0.717) is 39.6 Å². The molecule has 2 aliphatic heterocycles. The summed E-state index contributed by atoms with van der Waals surface area (Å²) in [6.07, 6.45) is 15.9. The van der Waals surface area contributed by atoms with E-state index in [1.54, 1.807) is 0 Å². The molecule has 0 amide bonds. The summed E-state index contributed by atoms with van der Waals surface area (Å²) < 4.78 is 4.98. The normalized spacial score (nSPS) is 45.1. The number of esters is 1. The lowest BCUT2D eigenvalue weighted by Crippen LogP contribution is -2.68. The predicted molar refractivity (Wildman–Crippen MR) is 200 cm³/mol. The molecule has 0 spiro atoms. The number of nitrogens with one attached hydrogen (secondary N) is 2. The van der Waals surface area contributed by atoms with Crippen molar-refractivity contribution in [1.82, 2.24) is 15.5 Å². The Labute approximate surface area is 297 Å². The molecule has 6 fully saturated rings.